The van der Waals surface area contributed by atoms with E-state index in [2.05, 4.69) is 61.6 Å². The summed E-state index contributed by atoms with van der Waals surface area (Å²) in [5.41, 5.74) is 3.88. The van der Waals surface area contributed by atoms with Gasteiger partial charge in [-0.2, -0.15) is 0 Å². The minimum absolute atomic E-state index is 0. The normalized spacial score (nSPS) is 9.02. The van der Waals surface area contributed by atoms with Gasteiger partial charge in [0.2, 0.25) is 0 Å². The monoisotopic (exact) mass is 982 g/mol. The Morgan fingerprint density at radius 2 is 0.610 bits per heavy atom. The molecule has 0 aromatic carbocycles. The number of rotatable bonds is 16. The molecule has 0 fully saturated rings. The maximum absolute atomic E-state index is 7.00. The Kier molecular flexibility index (Phi) is 43.6. The van der Waals surface area contributed by atoms with Gasteiger partial charge in [0.1, 0.15) is 0 Å². The van der Waals surface area contributed by atoms with Gasteiger partial charge in [-0.1, -0.05) is 24.3 Å². The van der Waals surface area contributed by atoms with Crippen molar-refractivity contribution in [1.82, 2.24) is 71.0 Å². The summed E-state index contributed by atoms with van der Waals surface area (Å²) in [6.07, 6.45) is 7.09. The van der Waals surface area contributed by atoms with Gasteiger partial charge in [-0.15, -0.1) is 20.4 Å². The van der Waals surface area contributed by atoms with Gasteiger partial charge in [-0.3, -0.25) is 19.9 Å². The molecule has 0 aliphatic rings. The third kappa shape index (κ3) is 24.3. The summed E-state index contributed by atoms with van der Waals surface area (Å²) in [4.78, 5) is 17.0. The van der Waals surface area contributed by atoms with Gasteiger partial charge < -0.3 is 98.3 Å². The van der Waals surface area contributed by atoms with Crippen LogP contribution in [0.5, 0.6) is 0 Å². The van der Waals surface area contributed by atoms with Gasteiger partial charge >= 0.3 is 34.1 Å². The first-order valence-electron chi connectivity index (χ1n) is 16.3. The maximum atomic E-state index is 7.00. The van der Waals surface area contributed by atoms with Crippen LogP contribution in [0.1, 0.15) is 46.1 Å². The zero-order chi connectivity index (χ0) is 37.2. The van der Waals surface area contributed by atoms with Gasteiger partial charge in [0.15, 0.2) is 23.3 Å². The van der Waals surface area contributed by atoms with Gasteiger partial charge in [0, 0.05) is 65.2 Å². The van der Waals surface area contributed by atoms with Crippen LogP contribution in [-0.4, -0.2) is 79.6 Å². The molecule has 0 aliphatic carbocycles. The Balaban J connectivity index is -0.000000274. The van der Waals surface area contributed by atoms with Crippen molar-refractivity contribution in [3.05, 3.63) is 144 Å². The number of halogens is 4. The quantitative estimate of drug-likeness (QED) is 0.0330. The number of nitrogens with two attached hydrogens (primary N) is 2. The fourth-order valence-electron chi connectivity index (χ4n) is 4.42. The Labute approximate surface area is 390 Å². The van der Waals surface area contributed by atoms with E-state index in [0.29, 0.717) is 75.7 Å². The number of nitrogens with one attached hydrogen (secondary N) is 4. The number of aliphatic hydroxyl groups excluding tert-OH is 2. The summed E-state index contributed by atoms with van der Waals surface area (Å²) < 4.78 is 3.02. The Morgan fingerprint density at radius 1 is 0.407 bits per heavy atom. The molecule has 0 amide bonds. The van der Waals surface area contributed by atoms with Crippen LogP contribution in [0.3, 0.4) is 0 Å². The third-order valence-electron chi connectivity index (χ3n) is 6.94. The van der Waals surface area contributed by atoms with E-state index in [9.17, 15) is 0 Å². The molecule has 6 rings (SSSR count). The minimum atomic E-state index is 0. The Bertz CT molecular complexity index is 1540. The molecule has 6 heterocycles. The molecule has 19 nitrogen and oxygen atoms in total. The number of aromatic nitrogens is 10. The second-order valence-electron chi connectivity index (χ2n) is 10.5. The number of hydrogen-bond donors (Lipinski definition) is 8. The van der Waals surface area contributed by atoms with E-state index in [1.165, 1.54) is 9.35 Å². The fraction of sp³-hybridized carbons (Fsp3) is 0.294. The van der Waals surface area contributed by atoms with E-state index in [1.807, 2.05) is 72.8 Å². The van der Waals surface area contributed by atoms with E-state index in [4.69, 9.17) is 21.9 Å². The van der Waals surface area contributed by atoms with E-state index in [-0.39, 0.29) is 89.2 Å². The van der Waals surface area contributed by atoms with Crippen LogP contribution < -0.4 is 82.6 Å². The van der Waals surface area contributed by atoms with E-state index >= 15 is 0 Å². The van der Waals surface area contributed by atoms with Gasteiger partial charge in [0.25, 0.3) is 0 Å². The second-order valence-corrected chi connectivity index (χ2v) is 10.5. The predicted octanol–water partition coefficient (Wildman–Crippen LogP) is -12.9. The van der Waals surface area contributed by atoms with E-state index in [1.54, 1.807) is 24.8 Å². The summed E-state index contributed by atoms with van der Waals surface area (Å²) in [6, 6.07) is 23.3. The third-order valence-corrected chi connectivity index (χ3v) is 6.94. The number of nitrogens with zero attached hydrogens (tertiary/aromatic N) is 10. The Hall–Kier alpha value is -3.60. The van der Waals surface area contributed by atoms with Crippen LogP contribution in [0.4, 0.5) is 0 Å². The van der Waals surface area contributed by atoms with Crippen LogP contribution in [0.2, 0.25) is 0 Å². The molecule has 6 aromatic heterocycles. The average Bonchev–Trinajstić information content (AvgIpc) is 3.75. The van der Waals surface area contributed by atoms with Crippen molar-refractivity contribution in [1.29, 1.82) is 0 Å². The van der Waals surface area contributed by atoms with Crippen molar-refractivity contribution < 1.29 is 99.5 Å². The number of hydrogen-bond acceptors (Lipinski definition) is 16. The SMILES string of the molecule is CO.CO.Nn1c(CNCc2ccccn2)nnc1CNCc1ccccn1.Nn1c(CNCc2ccccn2)nnc1CNCc1ccccn1.O.[Cl-].[Cl-].[Cl-].[Cl-].[Fe+4].[Fe+4]. The molecule has 0 saturated heterocycles. The molecule has 0 bridgehead atoms. The largest absolute Gasteiger partial charge is 4.00 e. The molecular weight excluding hydrogens is 934 g/mol. The first-order valence-corrected chi connectivity index (χ1v) is 16.3. The predicted molar refractivity (Wildman–Crippen MR) is 199 cm³/mol. The summed E-state index contributed by atoms with van der Waals surface area (Å²) in [7, 11) is 2.00. The molecule has 25 heteroatoms. The molecule has 0 unspecified atom stereocenters. The van der Waals surface area contributed by atoms with Crippen molar-refractivity contribution in [2.45, 2.75) is 52.4 Å². The summed E-state index contributed by atoms with van der Waals surface area (Å²) in [5, 5.41) is 43.5. The molecule has 0 aliphatic heterocycles. The molecule has 0 atom stereocenters. The van der Waals surface area contributed by atoms with Crippen LogP contribution in [0.15, 0.2) is 97.6 Å². The van der Waals surface area contributed by atoms with Crippen molar-refractivity contribution in [3.8, 4) is 0 Å². The minimum Gasteiger partial charge on any atom is -1.00 e. The number of pyridine rings is 4. The van der Waals surface area contributed by atoms with Crippen molar-refractivity contribution >= 4 is 0 Å². The molecule has 0 spiro atoms. The average molecular weight is 984 g/mol. The van der Waals surface area contributed by atoms with E-state index in [0.717, 1.165) is 37.0 Å². The first-order chi connectivity index (χ1) is 25.7. The molecule has 0 radical (unpaired) electrons. The fourth-order valence-corrected chi connectivity index (χ4v) is 4.42. The van der Waals surface area contributed by atoms with Crippen LogP contribution in [-0.2, 0) is 86.5 Å². The molecule has 6 aromatic rings. The maximum Gasteiger partial charge on any atom is 4.00 e. The summed E-state index contributed by atoms with van der Waals surface area (Å²) >= 11 is 0. The number of aliphatic hydroxyl groups is 2. The molecule has 324 valence electrons. The Morgan fingerprint density at radius 3 is 0.780 bits per heavy atom. The topological polar surface area (TPSA) is 285 Å². The zero-order valence-corrected chi connectivity index (χ0v) is 37.4. The van der Waals surface area contributed by atoms with E-state index < -0.39 is 0 Å². The second kappa shape index (κ2) is 39.8. The molecule has 12 N–H and O–H groups in total. The van der Waals surface area contributed by atoms with Crippen LogP contribution in [0, 0.1) is 0 Å². The molecular formula is C34H50Cl4Fe2N16O3+4. The van der Waals surface area contributed by atoms with Crippen LogP contribution in [0.25, 0.3) is 0 Å². The van der Waals surface area contributed by atoms with Gasteiger partial charge in [-0.05, 0) is 48.5 Å². The molecule has 0 saturated carbocycles. The van der Waals surface area contributed by atoms with Crippen molar-refractivity contribution in [2.75, 3.05) is 25.9 Å². The van der Waals surface area contributed by atoms with Crippen molar-refractivity contribution in [3.63, 3.8) is 0 Å². The van der Waals surface area contributed by atoms with Crippen molar-refractivity contribution in [2.24, 2.45) is 0 Å². The van der Waals surface area contributed by atoms with Crippen LogP contribution >= 0.6 is 0 Å². The standard InChI is InChI=1S/2C16H20N8.2CH4O.4ClH.2Fe.H2O/c2*17-24-15(11-18-9-13-5-1-3-7-20-13)22-23-16(24)12-19-10-14-6-2-4-8-21-14;2*1-2;;;;;;;/h2*1-8,18-19H,9-12,17H2;2*2H,1H3;4*1H;;;1H2/q;;;;;;;;2*+4;/p-4. The van der Waals surface area contributed by atoms with Gasteiger partial charge in [0.05, 0.1) is 49.0 Å². The summed E-state index contributed by atoms with van der Waals surface area (Å²) in [6.45, 7) is 4.73. The molecule has 59 heavy (non-hydrogen) atoms. The zero-order valence-electron chi connectivity index (χ0n) is 32.1. The van der Waals surface area contributed by atoms with Gasteiger partial charge in [-0.25, -0.2) is 9.35 Å². The summed E-state index contributed by atoms with van der Waals surface area (Å²) in [5.74, 6) is 14.8. The number of nitrogen functional groups attached to an aromatic ring is 2. The smallest absolute Gasteiger partial charge is 1.00 e. The first kappa shape index (κ1) is 64.5.